The van der Waals surface area contributed by atoms with Crippen LogP contribution in [0, 0.1) is 5.41 Å². The van der Waals surface area contributed by atoms with Gasteiger partial charge in [-0.1, -0.05) is 39.5 Å². The Labute approximate surface area is 116 Å². The first kappa shape index (κ1) is 16.0. The average molecular weight is 269 g/mol. The Hall–Kier alpha value is -1.06. The molecule has 1 amide bonds. The van der Waals surface area contributed by atoms with Gasteiger partial charge in [-0.05, 0) is 25.7 Å². The molecule has 1 saturated carbocycles. The smallest absolute Gasteiger partial charge is 0.310 e. The quantitative estimate of drug-likeness (QED) is 0.746. The van der Waals surface area contributed by atoms with E-state index in [9.17, 15) is 14.7 Å². The standard InChI is InChI=1S/C15H27NO3/c1-3-8-12(4-2)16-13(17)11-15(14(18)19)9-6-5-7-10-15/h12H,3-11H2,1-2H3,(H,16,17)(H,18,19). The van der Waals surface area contributed by atoms with E-state index in [1.807, 2.05) is 6.92 Å². The second kappa shape index (κ2) is 7.51. The summed E-state index contributed by atoms with van der Waals surface area (Å²) in [5.74, 6) is -0.893. The molecule has 0 aromatic carbocycles. The molecular formula is C15H27NO3. The number of carboxylic acid groups (broad SMARTS) is 1. The first-order chi connectivity index (χ1) is 9.04. The van der Waals surface area contributed by atoms with E-state index in [0.717, 1.165) is 38.5 Å². The van der Waals surface area contributed by atoms with Crippen LogP contribution in [0.3, 0.4) is 0 Å². The van der Waals surface area contributed by atoms with Gasteiger partial charge in [0.25, 0.3) is 0 Å². The maximum absolute atomic E-state index is 12.1. The number of nitrogens with one attached hydrogen (secondary N) is 1. The number of amides is 1. The van der Waals surface area contributed by atoms with Crippen molar-refractivity contribution in [3.8, 4) is 0 Å². The topological polar surface area (TPSA) is 66.4 Å². The molecular weight excluding hydrogens is 242 g/mol. The summed E-state index contributed by atoms with van der Waals surface area (Å²) in [5, 5.41) is 12.4. The molecule has 19 heavy (non-hydrogen) atoms. The van der Waals surface area contributed by atoms with Crippen molar-refractivity contribution in [3.05, 3.63) is 0 Å². The summed E-state index contributed by atoms with van der Waals surface area (Å²) in [6, 6.07) is 0.187. The Kier molecular flexibility index (Phi) is 6.32. The summed E-state index contributed by atoms with van der Waals surface area (Å²) in [4.78, 5) is 23.6. The minimum atomic E-state index is -0.813. The second-order valence-electron chi connectivity index (χ2n) is 5.78. The lowest BCUT2D eigenvalue weighted by Crippen LogP contribution is -2.42. The van der Waals surface area contributed by atoms with Crippen LogP contribution in [0.15, 0.2) is 0 Å². The highest BCUT2D eigenvalue weighted by Gasteiger charge is 2.41. The molecule has 2 N–H and O–H groups in total. The molecule has 0 heterocycles. The molecule has 1 fully saturated rings. The van der Waals surface area contributed by atoms with Gasteiger partial charge in [-0.2, -0.15) is 0 Å². The zero-order valence-corrected chi connectivity index (χ0v) is 12.2. The van der Waals surface area contributed by atoms with Crippen LogP contribution in [0.4, 0.5) is 0 Å². The first-order valence-corrected chi connectivity index (χ1v) is 7.57. The third kappa shape index (κ3) is 4.51. The molecule has 1 atom stereocenters. The minimum Gasteiger partial charge on any atom is -0.481 e. The molecule has 1 rings (SSSR count). The monoisotopic (exact) mass is 269 g/mol. The van der Waals surface area contributed by atoms with E-state index < -0.39 is 11.4 Å². The van der Waals surface area contributed by atoms with Crippen LogP contribution in [0.25, 0.3) is 0 Å². The molecule has 0 aromatic rings. The molecule has 4 heteroatoms. The van der Waals surface area contributed by atoms with Crippen molar-refractivity contribution in [2.75, 3.05) is 0 Å². The van der Waals surface area contributed by atoms with Gasteiger partial charge in [0, 0.05) is 12.5 Å². The largest absolute Gasteiger partial charge is 0.481 e. The van der Waals surface area contributed by atoms with Gasteiger partial charge in [-0.15, -0.1) is 0 Å². The van der Waals surface area contributed by atoms with Crippen molar-refractivity contribution in [1.82, 2.24) is 5.32 Å². The molecule has 4 nitrogen and oxygen atoms in total. The number of carbonyl (C=O) groups excluding carboxylic acids is 1. The van der Waals surface area contributed by atoms with Gasteiger partial charge in [0.1, 0.15) is 0 Å². The fraction of sp³-hybridized carbons (Fsp3) is 0.867. The highest BCUT2D eigenvalue weighted by Crippen LogP contribution is 2.39. The van der Waals surface area contributed by atoms with E-state index in [1.165, 1.54) is 0 Å². The summed E-state index contributed by atoms with van der Waals surface area (Å²) >= 11 is 0. The van der Waals surface area contributed by atoms with Crippen molar-refractivity contribution >= 4 is 11.9 Å². The van der Waals surface area contributed by atoms with E-state index >= 15 is 0 Å². The SMILES string of the molecule is CCCC(CC)NC(=O)CC1(C(=O)O)CCCCC1. The minimum absolute atomic E-state index is 0.0930. The van der Waals surface area contributed by atoms with Crippen molar-refractivity contribution in [3.63, 3.8) is 0 Å². The third-order valence-electron chi connectivity index (χ3n) is 4.26. The van der Waals surface area contributed by atoms with Crippen LogP contribution in [-0.2, 0) is 9.59 Å². The van der Waals surface area contributed by atoms with Gasteiger partial charge in [-0.25, -0.2) is 0 Å². The van der Waals surface area contributed by atoms with E-state index in [4.69, 9.17) is 0 Å². The number of aliphatic carboxylic acids is 1. The van der Waals surface area contributed by atoms with E-state index in [0.29, 0.717) is 12.8 Å². The van der Waals surface area contributed by atoms with Crippen LogP contribution in [-0.4, -0.2) is 23.0 Å². The second-order valence-corrected chi connectivity index (χ2v) is 5.78. The van der Waals surface area contributed by atoms with Gasteiger partial charge in [0.15, 0.2) is 0 Å². The predicted octanol–water partition coefficient (Wildman–Crippen LogP) is 3.11. The summed E-state index contributed by atoms with van der Waals surface area (Å²) in [5.41, 5.74) is -0.813. The van der Waals surface area contributed by atoms with Crippen LogP contribution < -0.4 is 5.32 Å². The molecule has 1 aliphatic carbocycles. The number of carboxylic acids is 1. The average Bonchev–Trinajstić information content (AvgIpc) is 2.39. The van der Waals surface area contributed by atoms with Crippen LogP contribution in [0.1, 0.15) is 71.6 Å². The fourth-order valence-corrected chi connectivity index (χ4v) is 3.01. The zero-order chi connectivity index (χ0) is 14.3. The van der Waals surface area contributed by atoms with Gasteiger partial charge < -0.3 is 10.4 Å². The van der Waals surface area contributed by atoms with Crippen LogP contribution in [0.5, 0.6) is 0 Å². The predicted molar refractivity (Wildman–Crippen MR) is 74.9 cm³/mol. The highest BCUT2D eigenvalue weighted by atomic mass is 16.4. The number of rotatable bonds is 7. The van der Waals surface area contributed by atoms with Crippen molar-refractivity contribution in [1.29, 1.82) is 0 Å². The molecule has 0 aromatic heterocycles. The molecule has 0 spiro atoms. The van der Waals surface area contributed by atoms with Crippen molar-refractivity contribution in [2.45, 2.75) is 77.7 Å². The summed E-state index contributed by atoms with van der Waals surface area (Å²) in [7, 11) is 0. The Morgan fingerprint density at radius 2 is 1.84 bits per heavy atom. The highest BCUT2D eigenvalue weighted by molar-refractivity contribution is 5.85. The number of hydrogen-bond acceptors (Lipinski definition) is 2. The van der Waals surface area contributed by atoms with Crippen LogP contribution >= 0.6 is 0 Å². The van der Waals surface area contributed by atoms with Gasteiger partial charge >= 0.3 is 5.97 Å². The first-order valence-electron chi connectivity index (χ1n) is 7.57. The molecule has 1 unspecified atom stereocenters. The zero-order valence-electron chi connectivity index (χ0n) is 12.2. The third-order valence-corrected chi connectivity index (χ3v) is 4.26. The Bertz CT molecular complexity index is 309. The fourth-order valence-electron chi connectivity index (χ4n) is 3.01. The van der Waals surface area contributed by atoms with E-state index in [-0.39, 0.29) is 18.4 Å². The molecule has 0 bridgehead atoms. The normalized spacial score (nSPS) is 19.7. The molecule has 110 valence electrons. The summed E-state index contributed by atoms with van der Waals surface area (Å²) in [6.45, 7) is 4.14. The van der Waals surface area contributed by atoms with Gasteiger partial charge in [-0.3, -0.25) is 9.59 Å². The summed E-state index contributed by atoms with van der Waals surface area (Å²) in [6.07, 6.45) is 7.25. The Morgan fingerprint density at radius 3 is 2.32 bits per heavy atom. The molecule has 0 radical (unpaired) electrons. The maximum atomic E-state index is 12.1. The Morgan fingerprint density at radius 1 is 1.21 bits per heavy atom. The molecule has 0 saturated heterocycles. The van der Waals surface area contributed by atoms with Gasteiger partial charge in [0.05, 0.1) is 5.41 Å². The lowest BCUT2D eigenvalue weighted by Gasteiger charge is -2.33. The number of carbonyl (C=O) groups is 2. The van der Waals surface area contributed by atoms with Crippen LogP contribution in [0.2, 0.25) is 0 Å². The van der Waals surface area contributed by atoms with E-state index in [2.05, 4.69) is 12.2 Å². The lowest BCUT2D eigenvalue weighted by molar-refractivity contribution is -0.154. The lowest BCUT2D eigenvalue weighted by atomic mass is 9.71. The van der Waals surface area contributed by atoms with Crippen molar-refractivity contribution < 1.29 is 14.7 Å². The van der Waals surface area contributed by atoms with Gasteiger partial charge in [0.2, 0.25) is 5.91 Å². The Balaban J connectivity index is 2.59. The molecule has 1 aliphatic rings. The number of hydrogen-bond donors (Lipinski definition) is 2. The summed E-state index contributed by atoms with van der Waals surface area (Å²) < 4.78 is 0. The molecule has 0 aliphatic heterocycles. The van der Waals surface area contributed by atoms with E-state index in [1.54, 1.807) is 0 Å². The maximum Gasteiger partial charge on any atom is 0.310 e. The van der Waals surface area contributed by atoms with Crippen molar-refractivity contribution in [2.24, 2.45) is 5.41 Å².